The summed E-state index contributed by atoms with van der Waals surface area (Å²) in [5, 5.41) is 0. The van der Waals surface area contributed by atoms with E-state index in [9.17, 15) is 8.42 Å². The highest BCUT2D eigenvalue weighted by atomic mass is 33.1. The quantitative estimate of drug-likeness (QED) is 0.749. The fourth-order valence-electron chi connectivity index (χ4n) is 0.921. The molecule has 1 aromatic rings. The first kappa shape index (κ1) is 12.5. The van der Waals surface area contributed by atoms with Crippen LogP contribution in [-0.2, 0) is 13.3 Å². The van der Waals surface area contributed by atoms with Gasteiger partial charge in [-0.3, -0.25) is 4.18 Å². The van der Waals surface area contributed by atoms with Crippen molar-refractivity contribution in [3.8, 4) is 0 Å². The van der Waals surface area contributed by atoms with E-state index in [4.69, 9.17) is 4.18 Å². The zero-order chi connectivity index (χ0) is 11.3. The maximum Gasteiger partial charge on any atom is 0.326 e. The predicted octanol–water partition coefficient (Wildman–Crippen LogP) is 2.76. The molecule has 5 heteroatoms. The van der Waals surface area contributed by atoms with Crippen LogP contribution in [-0.4, -0.2) is 15.0 Å². The maximum atomic E-state index is 11.4. The van der Waals surface area contributed by atoms with Crippen LogP contribution in [0.4, 0.5) is 0 Å². The van der Waals surface area contributed by atoms with Crippen LogP contribution in [0.3, 0.4) is 0 Å². The lowest BCUT2D eigenvalue weighted by molar-refractivity contribution is 0.329. The van der Waals surface area contributed by atoms with E-state index in [1.54, 1.807) is 12.1 Å². The lowest BCUT2D eigenvalue weighted by Crippen LogP contribution is -2.01. The standard InChI is InChI=1S/C10H14O3S2/c1-3-8-13-15(11,12)14-10-6-4-9(2)5-7-10/h4-7H,3,8H2,1-2H3. The van der Waals surface area contributed by atoms with Crippen LogP contribution in [0.5, 0.6) is 0 Å². The molecule has 0 saturated carbocycles. The summed E-state index contributed by atoms with van der Waals surface area (Å²) in [7, 11) is -2.75. The molecule has 0 unspecified atom stereocenters. The largest absolute Gasteiger partial charge is 0.326 e. The van der Waals surface area contributed by atoms with Crippen molar-refractivity contribution >= 4 is 19.9 Å². The number of aryl methyl sites for hydroxylation is 1. The van der Waals surface area contributed by atoms with Gasteiger partial charge in [-0.25, -0.2) is 0 Å². The van der Waals surface area contributed by atoms with Crippen molar-refractivity contribution in [1.29, 1.82) is 0 Å². The van der Waals surface area contributed by atoms with Crippen LogP contribution in [0, 0.1) is 6.92 Å². The van der Waals surface area contributed by atoms with Gasteiger partial charge in [-0.1, -0.05) is 24.6 Å². The predicted molar refractivity (Wildman–Crippen MR) is 62.2 cm³/mol. The first-order valence-electron chi connectivity index (χ1n) is 4.69. The highest BCUT2D eigenvalue weighted by molar-refractivity contribution is 8.70. The topological polar surface area (TPSA) is 43.4 Å². The van der Waals surface area contributed by atoms with Crippen molar-refractivity contribution in [3.63, 3.8) is 0 Å². The Hall–Kier alpha value is -0.520. The van der Waals surface area contributed by atoms with Crippen molar-refractivity contribution in [2.24, 2.45) is 0 Å². The van der Waals surface area contributed by atoms with Crippen molar-refractivity contribution in [3.05, 3.63) is 29.8 Å². The van der Waals surface area contributed by atoms with E-state index < -0.39 is 9.15 Å². The van der Waals surface area contributed by atoms with Gasteiger partial charge in [0.15, 0.2) is 0 Å². The molecule has 0 fully saturated rings. The molecule has 0 aliphatic rings. The molecule has 0 N–H and O–H groups in total. The second-order valence-electron chi connectivity index (χ2n) is 3.13. The smallest absolute Gasteiger partial charge is 0.262 e. The molecule has 0 radical (unpaired) electrons. The lowest BCUT2D eigenvalue weighted by Gasteiger charge is -2.03. The molecule has 0 amide bonds. The molecule has 0 bridgehead atoms. The van der Waals surface area contributed by atoms with Gasteiger partial charge in [0.25, 0.3) is 0 Å². The molecular weight excluding hydrogens is 232 g/mol. The number of rotatable bonds is 5. The zero-order valence-corrected chi connectivity index (χ0v) is 10.4. The van der Waals surface area contributed by atoms with Gasteiger partial charge in [0.05, 0.1) is 6.61 Å². The molecule has 0 atom stereocenters. The van der Waals surface area contributed by atoms with E-state index in [-0.39, 0.29) is 6.61 Å². The highest BCUT2D eigenvalue weighted by Gasteiger charge is 2.12. The molecule has 0 aliphatic heterocycles. The molecule has 0 aliphatic carbocycles. The van der Waals surface area contributed by atoms with Gasteiger partial charge in [-0.15, -0.1) is 0 Å². The zero-order valence-electron chi connectivity index (χ0n) is 8.76. The van der Waals surface area contributed by atoms with E-state index in [0.29, 0.717) is 11.3 Å². The Balaban J connectivity index is 2.65. The molecule has 1 rings (SSSR count). The average molecular weight is 246 g/mol. The van der Waals surface area contributed by atoms with Gasteiger partial charge in [0, 0.05) is 15.7 Å². The Kier molecular flexibility index (Phi) is 4.63. The lowest BCUT2D eigenvalue weighted by atomic mass is 10.2. The third-order valence-electron chi connectivity index (χ3n) is 1.65. The summed E-state index contributed by atoms with van der Waals surface area (Å²) in [5.74, 6) is 0. The summed E-state index contributed by atoms with van der Waals surface area (Å²) in [6.07, 6.45) is 0.688. The van der Waals surface area contributed by atoms with Crippen LogP contribution in [0.2, 0.25) is 0 Å². The van der Waals surface area contributed by atoms with Gasteiger partial charge >= 0.3 is 9.15 Å². The molecule has 0 aromatic heterocycles. The molecule has 0 saturated heterocycles. The van der Waals surface area contributed by atoms with Crippen LogP contribution in [0.1, 0.15) is 18.9 Å². The Morgan fingerprint density at radius 3 is 2.40 bits per heavy atom. The van der Waals surface area contributed by atoms with Gasteiger partial charge < -0.3 is 0 Å². The number of hydrogen-bond acceptors (Lipinski definition) is 4. The third-order valence-corrected chi connectivity index (χ3v) is 4.25. The molecular formula is C10H14O3S2. The highest BCUT2D eigenvalue weighted by Crippen LogP contribution is 2.25. The minimum atomic E-state index is -3.49. The van der Waals surface area contributed by atoms with Crippen LogP contribution in [0.25, 0.3) is 0 Å². The van der Waals surface area contributed by atoms with E-state index in [0.717, 1.165) is 16.4 Å². The Morgan fingerprint density at radius 1 is 1.27 bits per heavy atom. The number of hydrogen-bond donors (Lipinski definition) is 0. The van der Waals surface area contributed by atoms with Gasteiger partial charge in [-0.2, -0.15) is 8.42 Å². The van der Waals surface area contributed by atoms with Crippen molar-refractivity contribution in [1.82, 2.24) is 0 Å². The summed E-state index contributed by atoms with van der Waals surface area (Å²) in [6.45, 7) is 4.06. The second kappa shape index (κ2) is 5.53. The van der Waals surface area contributed by atoms with E-state index in [1.807, 2.05) is 26.0 Å². The van der Waals surface area contributed by atoms with E-state index in [2.05, 4.69) is 0 Å². The molecule has 0 spiro atoms. The minimum absolute atomic E-state index is 0.237. The van der Waals surface area contributed by atoms with E-state index in [1.165, 1.54) is 0 Å². The Labute approximate surface area is 94.4 Å². The van der Waals surface area contributed by atoms with Crippen molar-refractivity contribution in [2.75, 3.05) is 6.61 Å². The van der Waals surface area contributed by atoms with Crippen LogP contribution >= 0.6 is 10.8 Å². The van der Waals surface area contributed by atoms with Crippen LogP contribution < -0.4 is 0 Å². The molecule has 0 heterocycles. The normalized spacial score (nSPS) is 11.6. The van der Waals surface area contributed by atoms with E-state index >= 15 is 0 Å². The average Bonchev–Trinajstić information content (AvgIpc) is 2.18. The summed E-state index contributed by atoms with van der Waals surface area (Å²) in [5.41, 5.74) is 1.10. The minimum Gasteiger partial charge on any atom is -0.262 e. The number of benzene rings is 1. The summed E-state index contributed by atoms with van der Waals surface area (Å²) >= 11 is 0. The third kappa shape index (κ3) is 4.68. The summed E-state index contributed by atoms with van der Waals surface area (Å²) in [6, 6.07) is 7.29. The molecule has 3 nitrogen and oxygen atoms in total. The van der Waals surface area contributed by atoms with Crippen LogP contribution in [0.15, 0.2) is 29.2 Å². The fraction of sp³-hybridized carbons (Fsp3) is 0.400. The fourth-order valence-corrected chi connectivity index (χ4v) is 3.21. The first-order valence-corrected chi connectivity index (χ1v) is 7.43. The first-order chi connectivity index (χ1) is 7.03. The van der Waals surface area contributed by atoms with Gasteiger partial charge in [0.2, 0.25) is 0 Å². The summed E-state index contributed by atoms with van der Waals surface area (Å²) < 4.78 is 27.5. The van der Waals surface area contributed by atoms with Gasteiger partial charge in [-0.05, 0) is 25.5 Å². The molecule has 15 heavy (non-hydrogen) atoms. The summed E-state index contributed by atoms with van der Waals surface area (Å²) in [4.78, 5) is 0.678. The molecule has 84 valence electrons. The maximum absolute atomic E-state index is 11.4. The van der Waals surface area contributed by atoms with Crippen molar-refractivity contribution < 1.29 is 12.6 Å². The molecule has 1 aromatic carbocycles. The Bertz CT molecular complexity index is 395. The van der Waals surface area contributed by atoms with Gasteiger partial charge in [0.1, 0.15) is 0 Å². The monoisotopic (exact) mass is 246 g/mol. The Morgan fingerprint density at radius 2 is 1.87 bits per heavy atom. The second-order valence-corrected chi connectivity index (χ2v) is 6.54. The van der Waals surface area contributed by atoms with Crippen molar-refractivity contribution in [2.45, 2.75) is 25.2 Å². The SMILES string of the molecule is CCCOS(=O)(=O)Sc1ccc(C)cc1.